The van der Waals surface area contributed by atoms with Crippen LogP contribution in [0, 0.1) is 5.41 Å². The predicted octanol–water partition coefficient (Wildman–Crippen LogP) is 4.10. The first-order chi connectivity index (χ1) is 13.0. The van der Waals surface area contributed by atoms with Crippen LogP contribution in [0.2, 0.25) is 5.02 Å². The van der Waals surface area contributed by atoms with Gasteiger partial charge in [0.05, 0.1) is 24.4 Å². The third-order valence-electron chi connectivity index (χ3n) is 4.46. The van der Waals surface area contributed by atoms with Crippen LogP contribution >= 0.6 is 11.6 Å². The standard InChI is InChI=1S/C20H21ClN2O4/c1-3-27-17-7-5-4-6-15(17)23-19(25)20(10-11-20)18(24)22-13-8-9-16(26-2)14(21)12-13/h4-9,12H,3,10-11H2,1-2H3,(H,22,24)(H,23,25). The summed E-state index contributed by atoms with van der Waals surface area (Å²) in [6, 6.07) is 12.1. The number of carbonyl (C=O) groups excluding carboxylic acids is 2. The molecule has 1 fully saturated rings. The van der Waals surface area contributed by atoms with Gasteiger partial charge in [-0.3, -0.25) is 9.59 Å². The van der Waals surface area contributed by atoms with Gasteiger partial charge in [0.25, 0.3) is 0 Å². The lowest BCUT2D eigenvalue weighted by Gasteiger charge is -2.17. The Bertz CT molecular complexity index is 865. The summed E-state index contributed by atoms with van der Waals surface area (Å²) in [6.07, 6.45) is 0.983. The molecule has 1 saturated carbocycles. The van der Waals surface area contributed by atoms with E-state index in [2.05, 4.69) is 10.6 Å². The third-order valence-corrected chi connectivity index (χ3v) is 4.76. The van der Waals surface area contributed by atoms with E-state index < -0.39 is 5.41 Å². The molecule has 6 nitrogen and oxygen atoms in total. The summed E-state index contributed by atoms with van der Waals surface area (Å²) < 4.78 is 10.6. The number of benzene rings is 2. The van der Waals surface area contributed by atoms with E-state index in [4.69, 9.17) is 21.1 Å². The highest BCUT2D eigenvalue weighted by Crippen LogP contribution is 2.48. The molecule has 0 aromatic heterocycles. The average molecular weight is 389 g/mol. The molecule has 7 heteroatoms. The van der Waals surface area contributed by atoms with Crippen molar-refractivity contribution in [1.29, 1.82) is 0 Å². The molecule has 0 spiro atoms. The first kappa shape index (κ1) is 19.0. The summed E-state index contributed by atoms with van der Waals surface area (Å²) in [5.74, 6) is 0.398. The van der Waals surface area contributed by atoms with E-state index in [0.717, 1.165) is 0 Å². The zero-order chi connectivity index (χ0) is 19.4. The van der Waals surface area contributed by atoms with Crippen molar-refractivity contribution in [2.24, 2.45) is 5.41 Å². The van der Waals surface area contributed by atoms with Crippen molar-refractivity contribution in [3.63, 3.8) is 0 Å². The second-order valence-electron chi connectivity index (χ2n) is 6.27. The number of methoxy groups -OCH3 is 1. The number of rotatable bonds is 7. The lowest BCUT2D eigenvalue weighted by molar-refractivity contribution is -0.131. The van der Waals surface area contributed by atoms with Gasteiger partial charge in [-0.25, -0.2) is 0 Å². The number of nitrogens with one attached hydrogen (secondary N) is 2. The quantitative estimate of drug-likeness (QED) is 0.700. The van der Waals surface area contributed by atoms with Gasteiger partial charge in [-0.1, -0.05) is 23.7 Å². The number of hydrogen-bond acceptors (Lipinski definition) is 4. The predicted molar refractivity (Wildman–Crippen MR) is 105 cm³/mol. The van der Waals surface area contributed by atoms with E-state index in [9.17, 15) is 9.59 Å². The van der Waals surface area contributed by atoms with E-state index in [1.54, 1.807) is 36.4 Å². The monoisotopic (exact) mass is 388 g/mol. The first-order valence-corrected chi connectivity index (χ1v) is 9.06. The van der Waals surface area contributed by atoms with Crippen molar-refractivity contribution >= 4 is 34.8 Å². The lowest BCUT2D eigenvalue weighted by atomic mass is 10.0. The van der Waals surface area contributed by atoms with E-state index in [-0.39, 0.29) is 11.8 Å². The Morgan fingerprint density at radius 3 is 2.41 bits per heavy atom. The third kappa shape index (κ3) is 4.01. The summed E-state index contributed by atoms with van der Waals surface area (Å²) >= 11 is 6.09. The van der Waals surface area contributed by atoms with Gasteiger partial charge >= 0.3 is 0 Å². The fourth-order valence-corrected chi connectivity index (χ4v) is 3.03. The van der Waals surface area contributed by atoms with Crippen molar-refractivity contribution in [3.05, 3.63) is 47.5 Å². The lowest BCUT2D eigenvalue weighted by Crippen LogP contribution is -2.35. The maximum absolute atomic E-state index is 12.8. The van der Waals surface area contributed by atoms with Crippen LogP contribution in [0.1, 0.15) is 19.8 Å². The number of halogens is 1. The molecule has 0 saturated heterocycles. The number of hydrogen-bond donors (Lipinski definition) is 2. The molecule has 2 amide bonds. The molecule has 142 valence electrons. The summed E-state index contributed by atoms with van der Waals surface area (Å²) in [5.41, 5.74) is -0.0124. The van der Waals surface area contributed by atoms with E-state index >= 15 is 0 Å². The van der Waals surface area contributed by atoms with Crippen molar-refractivity contribution in [3.8, 4) is 11.5 Å². The SMILES string of the molecule is CCOc1ccccc1NC(=O)C1(C(=O)Nc2ccc(OC)c(Cl)c2)CC1. The molecule has 1 aliphatic carbocycles. The van der Waals surface area contributed by atoms with Crippen LogP contribution in [0.4, 0.5) is 11.4 Å². The van der Waals surface area contributed by atoms with Crippen LogP contribution in [0.3, 0.4) is 0 Å². The van der Waals surface area contributed by atoms with Gasteiger partial charge in [-0.2, -0.15) is 0 Å². The molecule has 27 heavy (non-hydrogen) atoms. The Kier molecular flexibility index (Phi) is 5.56. The average Bonchev–Trinajstić information content (AvgIpc) is 3.46. The molecule has 2 aromatic rings. The largest absolute Gasteiger partial charge is 0.495 e. The maximum atomic E-state index is 12.8. The van der Waals surface area contributed by atoms with Crippen molar-refractivity contribution in [2.75, 3.05) is 24.4 Å². The van der Waals surface area contributed by atoms with Crippen molar-refractivity contribution < 1.29 is 19.1 Å². The van der Waals surface area contributed by atoms with E-state index in [0.29, 0.717) is 47.3 Å². The van der Waals surface area contributed by atoms with Crippen molar-refractivity contribution in [2.45, 2.75) is 19.8 Å². The minimum absolute atomic E-state index is 0.341. The summed E-state index contributed by atoms with van der Waals surface area (Å²) in [5, 5.41) is 5.98. The molecule has 0 atom stereocenters. The zero-order valence-corrected chi connectivity index (χ0v) is 15.9. The number of anilines is 2. The maximum Gasteiger partial charge on any atom is 0.240 e. The molecule has 0 radical (unpaired) electrons. The second kappa shape index (κ2) is 7.88. The molecule has 0 unspecified atom stereocenters. The van der Waals surface area contributed by atoms with Gasteiger partial charge in [0, 0.05) is 5.69 Å². The molecular formula is C20H21ClN2O4. The smallest absolute Gasteiger partial charge is 0.240 e. The van der Waals surface area contributed by atoms with Gasteiger partial charge in [-0.15, -0.1) is 0 Å². The highest BCUT2D eigenvalue weighted by molar-refractivity contribution is 6.32. The highest BCUT2D eigenvalue weighted by Gasteiger charge is 2.56. The Morgan fingerprint density at radius 2 is 1.78 bits per heavy atom. The molecule has 3 rings (SSSR count). The number of amides is 2. The Morgan fingerprint density at radius 1 is 1.07 bits per heavy atom. The van der Waals surface area contributed by atoms with Gasteiger partial charge < -0.3 is 20.1 Å². The zero-order valence-electron chi connectivity index (χ0n) is 15.2. The number of para-hydroxylation sites is 2. The fraction of sp³-hybridized carbons (Fsp3) is 0.300. The molecule has 0 aliphatic heterocycles. The summed E-state index contributed by atoms with van der Waals surface area (Å²) in [7, 11) is 1.52. The fourth-order valence-electron chi connectivity index (χ4n) is 2.77. The minimum atomic E-state index is -1.08. The van der Waals surface area contributed by atoms with E-state index in [1.165, 1.54) is 7.11 Å². The topological polar surface area (TPSA) is 76.7 Å². The summed E-state index contributed by atoms with van der Waals surface area (Å²) in [6.45, 7) is 2.35. The van der Waals surface area contributed by atoms with Crippen LogP contribution in [-0.4, -0.2) is 25.5 Å². The first-order valence-electron chi connectivity index (χ1n) is 8.68. The highest BCUT2D eigenvalue weighted by atomic mass is 35.5. The van der Waals surface area contributed by atoms with Gasteiger partial charge in [0.1, 0.15) is 16.9 Å². The Hall–Kier alpha value is -2.73. The van der Waals surface area contributed by atoms with Gasteiger partial charge in [0.15, 0.2) is 0 Å². The number of carbonyl (C=O) groups is 2. The molecular weight excluding hydrogens is 368 g/mol. The Balaban J connectivity index is 1.72. The normalized spacial score (nSPS) is 14.2. The molecule has 1 aliphatic rings. The van der Waals surface area contributed by atoms with E-state index in [1.807, 2.05) is 13.0 Å². The van der Waals surface area contributed by atoms with Crippen LogP contribution in [0.15, 0.2) is 42.5 Å². The van der Waals surface area contributed by atoms with Crippen LogP contribution in [-0.2, 0) is 9.59 Å². The van der Waals surface area contributed by atoms with Crippen LogP contribution in [0.5, 0.6) is 11.5 Å². The Labute approximate surface area is 162 Å². The second-order valence-corrected chi connectivity index (χ2v) is 6.68. The van der Waals surface area contributed by atoms with Crippen LogP contribution in [0.25, 0.3) is 0 Å². The summed E-state index contributed by atoms with van der Waals surface area (Å²) in [4.78, 5) is 25.5. The van der Waals surface area contributed by atoms with Crippen LogP contribution < -0.4 is 20.1 Å². The molecule has 2 aromatic carbocycles. The molecule has 0 heterocycles. The van der Waals surface area contributed by atoms with Crippen molar-refractivity contribution in [1.82, 2.24) is 0 Å². The molecule has 2 N–H and O–H groups in total. The molecule has 0 bridgehead atoms. The van der Waals surface area contributed by atoms with Gasteiger partial charge in [-0.05, 0) is 50.1 Å². The minimum Gasteiger partial charge on any atom is -0.495 e. The number of ether oxygens (including phenoxy) is 2. The van der Waals surface area contributed by atoms with Gasteiger partial charge in [0.2, 0.25) is 11.8 Å².